The number of H-pyrrole nitrogens is 1. The number of hydrogen-bond acceptors (Lipinski definition) is 3. The predicted molar refractivity (Wildman–Crippen MR) is 60.1 cm³/mol. The van der Waals surface area contributed by atoms with Crippen molar-refractivity contribution in [3.05, 3.63) is 33.4 Å². The van der Waals surface area contributed by atoms with E-state index in [4.69, 9.17) is 0 Å². The highest BCUT2D eigenvalue weighted by Crippen LogP contribution is 2.19. The van der Waals surface area contributed by atoms with Crippen LogP contribution in [0.2, 0.25) is 0 Å². The molecule has 0 radical (unpaired) electrons. The van der Waals surface area contributed by atoms with Crippen molar-refractivity contribution in [1.29, 1.82) is 0 Å². The summed E-state index contributed by atoms with van der Waals surface area (Å²) in [6, 6.07) is 6.00. The van der Waals surface area contributed by atoms with Gasteiger partial charge in [0.15, 0.2) is 0 Å². The SMILES string of the molecule is CNCCc1cccc2[nH]c(=O)sc12. The minimum absolute atomic E-state index is 0.0249. The predicted octanol–water partition coefficient (Wildman–Crippen LogP) is 1.35. The number of likely N-dealkylation sites (N-methyl/N-ethyl adjacent to an activating group) is 1. The van der Waals surface area contributed by atoms with Crippen molar-refractivity contribution in [2.45, 2.75) is 6.42 Å². The molecule has 0 atom stereocenters. The minimum atomic E-state index is 0.0249. The number of fused-ring (bicyclic) bond motifs is 1. The number of nitrogens with one attached hydrogen (secondary N) is 2. The summed E-state index contributed by atoms with van der Waals surface area (Å²) >= 11 is 1.29. The lowest BCUT2D eigenvalue weighted by atomic mass is 10.1. The molecule has 1 aromatic carbocycles. The number of aromatic amines is 1. The summed E-state index contributed by atoms with van der Waals surface area (Å²) in [5.74, 6) is 0. The monoisotopic (exact) mass is 208 g/mol. The first-order chi connectivity index (χ1) is 6.81. The Morgan fingerprint density at radius 3 is 3.14 bits per heavy atom. The zero-order valence-corrected chi connectivity index (χ0v) is 8.78. The van der Waals surface area contributed by atoms with Crippen molar-refractivity contribution in [2.75, 3.05) is 13.6 Å². The lowest BCUT2D eigenvalue weighted by Crippen LogP contribution is -2.10. The highest BCUT2D eigenvalue weighted by atomic mass is 32.1. The van der Waals surface area contributed by atoms with Gasteiger partial charge in [0, 0.05) is 0 Å². The van der Waals surface area contributed by atoms with Gasteiger partial charge in [0.2, 0.25) is 0 Å². The molecule has 0 amide bonds. The topological polar surface area (TPSA) is 44.9 Å². The van der Waals surface area contributed by atoms with Gasteiger partial charge in [0.05, 0.1) is 10.2 Å². The second kappa shape index (κ2) is 3.94. The Morgan fingerprint density at radius 2 is 2.36 bits per heavy atom. The van der Waals surface area contributed by atoms with E-state index in [1.807, 2.05) is 19.2 Å². The molecule has 0 aliphatic carbocycles. The Hall–Kier alpha value is -1.13. The molecule has 2 aromatic rings. The Labute approximate surface area is 85.8 Å². The van der Waals surface area contributed by atoms with Gasteiger partial charge in [-0.3, -0.25) is 4.79 Å². The lowest BCUT2D eigenvalue weighted by molar-refractivity contribution is 0.795. The average molecular weight is 208 g/mol. The van der Waals surface area contributed by atoms with Gasteiger partial charge in [-0.05, 0) is 31.6 Å². The van der Waals surface area contributed by atoms with Crippen LogP contribution in [0.15, 0.2) is 23.0 Å². The number of rotatable bonds is 3. The van der Waals surface area contributed by atoms with Crippen LogP contribution < -0.4 is 10.2 Å². The van der Waals surface area contributed by atoms with E-state index < -0.39 is 0 Å². The standard InChI is InChI=1S/C10H12N2OS/c1-11-6-5-7-3-2-4-8-9(7)14-10(13)12-8/h2-4,11H,5-6H2,1H3,(H,12,13). The summed E-state index contributed by atoms with van der Waals surface area (Å²) in [5.41, 5.74) is 2.19. The summed E-state index contributed by atoms with van der Waals surface area (Å²) in [6.45, 7) is 0.936. The number of aromatic nitrogens is 1. The summed E-state index contributed by atoms with van der Waals surface area (Å²) in [4.78, 5) is 14.0. The molecule has 74 valence electrons. The first-order valence-corrected chi connectivity index (χ1v) is 5.38. The largest absolute Gasteiger partial charge is 0.319 e. The normalized spacial score (nSPS) is 10.9. The average Bonchev–Trinajstić information content (AvgIpc) is 2.55. The fourth-order valence-corrected chi connectivity index (χ4v) is 2.37. The second-order valence-corrected chi connectivity index (χ2v) is 4.15. The molecule has 2 N–H and O–H groups in total. The molecule has 0 spiro atoms. The number of hydrogen-bond donors (Lipinski definition) is 2. The Balaban J connectivity index is 2.47. The summed E-state index contributed by atoms with van der Waals surface area (Å²) < 4.78 is 1.09. The van der Waals surface area contributed by atoms with E-state index in [1.165, 1.54) is 16.9 Å². The fourth-order valence-electron chi connectivity index (χ4n) is 1.49. The molecule has 14 heavy (non-hydrogen) atoms. The molecule has 0 bridgehead atoms. The van der Waals surface area contributed by atoms with Crippen molar-refractivity contribution < 1.29 is 0 Å². The first kappa shape index (κ1) is 9.43. The fraction of sp³-hybridized carbons (Fsp3) is 0.300. The molecule has 1 heterocycles. The Morgan fingerprint density at radius 1 is 1.50 bits per heavy atom. The Kier molecular flexibility index (Phi) is 2.65. The maximum absolute atomic E-state index is 11.2. The third kappa shape index (κ3) is 1.71. The quantitative estimate of drug-likeness (QED) is 0.799. The van der Waals surface area contributed by atoms with Crippen LogP contribution in [0.4, 0.5) is 0 Å². The maximum Gasteiger partial charge on any atom is 0.305 e. The molecule has 0 aliphatic rings. The molecule has 4 heteroatoms. The molecule has 0 fully saturated rings. The molecule has 0 saturated heterocycles. The van der Waals surface area contributed by atoms with E-state index >= 15 is 0 Å². The van der Waals surface area contributed by atoms with Crippen LogP contribution >= 0.6 is 11.3 Å². The summed E-state index contributed by atoms with van der Waals surface area (Å²) in [6.07, 6.45) is 0.960. The van der Waals surface area contributed by atoms with Crippen molar-refractivity contribution in [3.63, 3.8) is 0 Å². The van der Waals surface area contributed by atoms with Crippen molar-refractivity contribution in [1.82, 2.24) is 10.3 Å². The molecular weight excluding hydrogens is 196 g/mol. The molecule has 0 unspecified atom stereocenters. The third-order valence-corrected chi connectivity index (χ3v) is 3.15. The summed E-state index contributed by atoms with van der Waals surface area (Å²) in [5, 5.41) is 3.10. The van der Waals surface area contributed by atoms with Gasteiger partial charge < -0.3 is 10.3 Å². The van der Waals surface area contributed by atoms with Gasteiger partial charge in [-0.1, -0.05) is 23.5 Å². The van der Waals surface area contributed by atoms with E-state index in [2.05, 4.69) is 16.4 Å². The van der Waals surface area contributed by atoms with Crippen LogP contribution in [0.3, 0.4) is 0 Å². The first-order valence-electron chi connectivity index (χ1n) is 4.56. The van der Waals surface area contributed by atoms with Gasteiger partial charge in [-0.15, -0.1) is 0 Å². The second-order valence-electron chi connectivity index (χ2n) is 3.16. The molecule has 0 saturated carbocycles. The van der Waals surface area contributed by atoms with Crippen LogP contribution in [-0.4, -0.2) is 18.6 Å². The van der Waals surface area contributed by atoms with Crippen LogP contribution in [-0.2, 0) is 6.42 Å². The van der Waals surface area contributed by atoms with Crippen LogP contribution in [0.1, 0.15) is 5.56 Å². The summed E-state index contributed by atoms with van der Waals surface area (Å²) in [7, 11) is 1.93. The molecule has 2 rings (SSSR count). The highest BCUT2D eigenvalue weighted by Gasteiger charge is 2.03. The van der Waals surface area contributed by atoms with Gasteiger partial charge >= 0.3 is 4.87 Å². The zero-order chi connectivity index (χ0) is 9.97. The smallest absolute Gasteiger partial charge is 0.305 e. The van der Waals surface area contributed by atoms with Crippen LogP contribution in [0, 0.1) is 0 Å². The van der Waals surface area contributed by atoms with Crippen molar-refractivity contribution >= 4 is 21.6 Å². The van der Waals surface area contributed by atoms with Crippen LogP contribution in [0.5, 0.6) is 0 Å². The number of thiazole rings is 1. The van der Waals surface area contributed by atoms with E-state index in [-0.39, 0.29) is 4.87 Å². The van der Waals surface area contributed by atoms with E-state index in [1.54, 1.807) is 0 Å². The van der Waals surface area contributed by atoms with Crippen molar-refractivity contribution in [2.24, 2.45) is 0 Å². The van der Waals surface area contributed by atoms with Crippen molar-refractivity contribution in [3.8, 4) is 0 Å². The number of benzene rings is 1. The van der Waals surface area contributed by atoms with Gasteiger partial charge in [0.1, 0.15) is 0 Å². The molecule has 0 aliphatic heterocycles. The van der Waals surface area contributed by atoms with Crippen LogP contribution in [0.25, 0.3) is 10.2 Å². The van der Waals surface area contributed by atoms with E-state index in [0.717, 1.165) is 23.2 Å². The van der Waals surface area contributed by atoms with Gasteiger partial charge in [0.25, 0.3) is 0 Å². The Bertz CT molecular complexity index is 486. The molecule has 1 aromatic heterocycles. The van der Waals surface area contributed by atoms with Gasteiger partial charge in [-0.2, -0.15) is 0 Å². The zero-order valence-electron chi connectivity index (χ0n) is 7.96. The minimum Gasteiger partial charge on any atom is -0.319 e. The van der Waals surface area contributed by atoms with E-state index in [0.29, 0.717) is 0 Å². The highest BCUT2D eigenvalue weighted by molar-refractivity contribution is 7.16. The van der Waals surface area contributed by atoms with Gasteiger partial charge in [-0.25, -0.2) is 0 Å². The third-order valence-electron chi connectivity index (χ3n) is 2.17. The molecule has 3 nitrogen and oxygen atoms in total. The molecular formula is C10H12N2OS. The maximum atomic E-state index is 11.2. The van der Waals surface area contributed by atoms with E-state index in [9.17, 15) is 4.79 Å². The lowest BCUT2D eigenvalue weighted by Gasteiger charge is -2.00.